The van der Waals surface area contributed by atoms with E-state index >= 15 is 0 Å². The maximum Gasteiger partial charge on any atom is 0.128 e. The molecule has 1 saturated heterocycles. The first-order valence-corrected chi connectivity index (χ1v) is 6.66. The smallest absolute Gasteiger partial charge is 0.128 e. The van der Waals surface area contributed by atoms with Crippen molar-refractivity contribution < 1.29 is 0 Å². The molecule has 0 spiro atoms. The number of alkyl halides is 1. The summed E-state index contributed by atoms with van der Waals surface area (Å²) in [6.07, 6.45) is 4.36. The Morgan fingerprint density at radius 2 is 2.35 bits per heavy atom. The highest BCUT2D eigenvalue weighted by molar-refractivity contribution is 6.17. The lowest BCUT2D eigenvalue weighted by atomic mass is 10.0. The summed E-state index contributed by atoms with van der Waals surface area (Å²) >= 11 is 5.86. The summed E-state index contributed by atoms with van der Waals surface area (Å²) < 4.78 is 0. The summed E-state index contributed by atoms with van der Waals surface area (Å²) in [5.41, 5.74) is 1.14. The van der Waals surface area contributed by atoms with E-state index in [1.165, 1.54) is 12.8 Å². The van der Waals surface area contributed by atoms with Crippen LogP contribution in [0.1, 0.15) is 18.4 Å². The predicted octanol–water partition coefficient (Wildman–Crippen LogP) is 2.35. The van der Waals surface area contributed by atoms with E-state index in [0.717, 1.165) is 24.5 Å². The molecule has 0 amide bonds. The number of pyridine rings is 1. The first-order valence-electron chi connectivity index (χ1n) is 6.13. The average Bonchev–Trinajstić information content (AvgIpc) is 2.39. The molecule has 0 radical (unpaired) electrons. The first kappa shape index (κ1) is 12.7. The number of hydrogen-bond acceptors (Lipinski definition) is 3. The van der Waals surface area contributed by atoms with Crippen LogP contribution in [-0.2, 0) is 5.88 Å². The molecule has 3 nitrogen and oxygen atoms in total. The zero-order valence-electron chi connectivity index (χ0n) is 10.6. The van der Waals surface area contributed by atoms with E-state index in [1.807, 2.05) is 12.3 Å². The Morgan fingerprint density at radius 3 is 3.06 bits per heavy atom. The molecule has 2 heterocycles. The Morgan fingerprint density at radius 1 is 1.53 bits per heavy atom. The fourth-order valence-electron chi connectivity index (χ4n) is 2.30. The molecule has 0 aromatic carbocycles. The molecule has 0 aliphatic carbocycles. The number of likely N-dealkylation sites (N-methyl/N-ethyl adjacent to an activating group) is 1. The lowest BCUT2D eigenvalue weighted by Crippen LogP contribution is -2.45. The van der Waals surface area contributed by atoms with Crippen molar-refractivity contribution in [2.75, 3.05) is 32.1 Å². The second-order valence-electron chi connectivity index (χ2n) is 4.86. The Hall–Kier alpha value is -0.800. The molecule has 1 aromatic rings. The third kappa shape index (κ3) is 3.11. The number of nitrogens with zero attached hydrogens (tertiary/aromatic N) is 3. The van der Waals surface area contributed by atoms with Gasteiger partial charge in [-0.1, -0.05) is 0 Å². The van der Waals surface area contributed by atoms with E-state index in [2.05, 4.69) is 34.9 Å². The van der Waals surface area contributed by atoms with E-state index < -0.39 is 0 Å². The van der Waals surface area contributed by atoms with Crippen LogP contribution in [0.2, 0.25) is 0 Å². The van der Waals surface area contributed by atoms with Gasteiger partial charge >= 0.3 is 0 Å². The number of piperidine rings is 1. The Kier molecular flexibility index (Phi) is 4.24. The highest BCUT2D eigenvalue weighted by Crippen LogP contribution is 2.21. The second kappa shape index (κ2) is 5.69. The van der Waals surface area contributed by atoms with Gasteiger partial charge in [-0.2, -0.15) is 0 Å². The van der Waals surface area contributed by atoms with Crippen LogP contribution in [0.5, 0.6) is 0 Å². The van der Waals surface area contributed by atoms with Gasteiger partial charge in [-0.05, 0) is 44.6 Å². The van der Waals surface area contributed by atoms with Gasteiger partial charge in [0.25, 0.3) is 0 Å². The summed E-state index contributed by atoms with van der Waals surface area (Å²) in [6.45, 7) is 2.16. The predicted molar refractivity (Wildman–Crippen MR) is 72.7 cm³/mol. The van der Waals surface area contributed by atoms with Crippen molar-refractivity contribution in [2.24, 2.45) is 0 Å². The van der Waals surface area contributed by atoms with Crippen molar-refractivity contribution in [3.63, 3.8) is 0 Å². The van der Waals surface area contributed by atoms with E-state index in [0.29, 0.717) is 11.9 Å². The van der Waals surface area contributed by atoms with Gasteiger partial charge in [-0.15, -0.1) is 11.6 Å². The maximum absolute atomic E-state index is 5.86. The summed E-state index contributed by atoms with van der Waals surface area (Å²) in [5, 5.41) is 0. The van der Waals surface area contributed by atoms with Gasteiger partial charge in [-0.25, -0.2) is 4.98 Å². The molecular weight excluding hydrogens is 234 g/mol. The molecule has 0 N–H and O–H groups in total. The number of halogens is 1. The molecule has 1 aliphatic heterocycles. The van der Waals surface area contributed by atoms with E-state index in [9.17, 15) is 0 Å². The van der Waals surface area contributed by atoms with Gasteiger partial charge in [0.05, 0.1) is 0 Å². The van der Waals surface area contributed by atoms with Crippen LogP contribution in [0.4, 0.5) is 5.82 Å². The Bertz CT molecular complexity index is 367. The van der Waals surface area contributed by atoms with Crippen LogP contribution in [-0.4, -0.2) is 43.1 Å². The van der Waals surface area contributed by atoms with Crippen LogP contribution >= 0.6 is 11.6 Å². The van der Waals surface area contributed by atoms with Gasteiger partial charge in [0.1, 0.15) is 5.82 Å². The van der Waals surface area contributed by atoms with Crippen molar-refractivity contribution in [2.45, 2.75) is 24.8 Å². The van der Waals surface area contributed by atoms with Crippen molar-refractivity contribution in [1.82, 2.24) is 9.88 Å². The van der Waals surface area contributed by atoms with Crippen LogP contribution in [0.3, 0.4) is 0 Å². The highest BCUT2D eigenvalue weighted by Gasteiger charge is 2.22. The summed E-state index contributed by atoms with van der Waals surface area (Å²) in [7, 11) is 4.30. The number of rotatable bonds is 3. The third-order valence-corrected chi connectivity index (χ3v) is 3.72. The van der Waals surface area contributed by atoms with Crippen molar-refractivity contribution in [3.05, 3.63) is 23.9 Å². The summed E-state index contributed by atoms with van der Waals surface area (Å²) in [4.78, 5) is 9.12. The minimum absolute atomic E-state index is 0.556. The molecule has 0 bridgehead atoms. The SMILES string of the molecule is CN(C)C1CCCN(c2cc(CCl)ccn2)C1. The number of hydrogen-bond donors (Lipinski definition) is 0. The van der Waals surface area contributed by atoms with E-state index in [-0.39, 0.29) is 0 Å². The largest absolute Gasteiger partial charge is 0.355 e. The zero-order chi connectivity index (χ0) is 12.3. The maximum atomic E-state index is 5.86. The molecule has 4 heteroatoms. The molecule has 17 heavy (non-hydrogen) atoms. The van der Waals surface area contributed by atoms with E-state index in [1.54, 1.807) is 0 Å². The molecular formula is C13H20ClN3. The summed E-state index contributed by atoms with van der Waals surface area (Å²) in [6, 6.07) is 4.71. The molecule has 94 valence electrons. The number of aromatic nitrogens is 1. The quantitative estimate of drug-likeness (QED) is 0.771. The van der Waals surface area contributed by atoms with Crippen LogP contribution in [0, 0.1) is 0 Å². The van der Waals surface area contributed by atoms with Crippen LogP contribution < -0.4 is 4.90 Å². The molecule has 1 aromatic heterocycles. The van der Waals surface area contributed by atoms with Gasteiger partial charge < -0.3 is 9.80 Å². The van der Waals surface area contributed by atoms with Gasteiger partial charge in [0.15, 0.2) is 0 Å². The lowest BCUT2D eigenvalue weighted by molar-refractivity contribution is 0.257. The minimum Gasteiger partial charge on any atom is -0.355 e. The van der Waals surface area contributed by atoms with Gasteiger partial charge in [0.2, 0.25) is 0 Å². The molecule has 0 saturated carbocycles. The highest BCUT2D eigenvalue weighted by atomic mass is 35.5. The van der Waals surface area contributed by atoms with Crippen molar-refractivity contribution in [1.29, 1.82) is 0 Å². The standard InChI is InChI=1S/C13H20ClN3/c1-16(2)12-4-3-7-17(10-12)13-8-11(9-14)5-6-15-13/h5-6,8,12H,3-4,7,9-10H2,1-2H3. The Balaban J connectivity index is 2.10. The van der Waals surface area contributed by atoms with Crippen molar-refractivity contribution >= 4 is 17.4 Å². The molecule has 1 unspecified atom stereocenters. The monoisotopic (exact) mass is 253 g/mol. The minimum atomic E-state index is 0.556. The fraction of sp³-hybridized carbons (Fsp3) is 0.615. The molecule has 1 fully saturated rings. The molecule has 1 atom stereocenters. The second-order valence-corrected chi connectivity index (χ2v) is 5.13. The topological polar surface area (TPSA) is 19.4 Å². The molecule has 1 aliphatic rings. The normalized spacial score (nSPS) is 20.9. The van der Waals surface area contributed by atoms with Gasteiger partial charge in [-0.3, -0.25) is 0 Å². The molecule has 2 rings (SSSR count). The third-order valence-electron chi connectivity index (χ3n) is 3.42. The number of anilines is 1. The van der Waals surface area contributed by atoms with Crippen LogP contribution in [0.15, 0.2) is 18.3 Å². The van der Waals surface area contributed by atoms with Crippen LogP contribution in [0.25, 0.3) is 0 Å². The van der Waals surface area contributed by atoms with Crippen molar-refractivity contribution in [3.8, 4) is 0 Å². The lowest BCUT2D eigenvalue weighted by Gasteiger charge is -2.36. The fourth-order valence-corrected chi connectivity index (χ4v) is 2.47. The summed E-state index contributed by atoms with van der Waals surface area (Å²) in [5.74, 6) is 1.62. The first-order chi connectivity index (χ1) is 8.20. The van der Waals surface area contributed by atoms with Gasteiger partial charge in [0, 0.05) is 31.2 Å². The zero-order valence-corrected chi connectivity index (χ0v) is 11.3. The average molecular weight is 254 g/mol. The van der Waals surface area contributed by atoms with E-state index in [4.69, 9.17) is 11.6 Å². The Labute approximate surface area is 108 Å².